The van der Waals surface area contributed by atoms with Crippen LogP contribution in [0.4, 0.5) is 4.79 Å². The van der Waals surface area contributed by atoms with Gasteiger partial charge in [-0.15, -0.1) is 0 Å². The number of alkyl carbamates (subject to hydrolysis) is 1. The van der Waals surface area contributed by atoms with E-state index in [1.165, 1.54) is 12.1 Å². The predicted molar refractivity (Wildman–Crippen MR) is 87.8 cm³/mol. The molecule has 138 valence electrons. The van der Waals surface area contributed by atoms with Crippen LogP contribution in [-0.4, -0.2) is 47.6 Å². The van der Waals surface area contributed by atoms with Gasteiger partial charge in [0.1, 0.15) is 11.7 Å². The van der Waals surface area contributed by atoms with E-state index in [9.17, 15) is 19.8 Å². The molecule has 1 aromatic rings. The quantitative estimate of drug-likeness (QED) is 0.665. The van der Waals surface area contributed by atoms with Crippen molar-refractivity contribution < 1.29 is 34.0 Å². The van der Waals surface area contributed by atoms with Gasteiger partial charge in [-0.1, -0.05) is 0 Å². The summed E-state index contributed by atoms with van der Waals surface area (Å²) in [6, 6.07) is 2.93. The zero-order valence-electron chi connectivity index (χ0n) is 14.4. The Morgan fingerprint density at radius 2 is 1.96 bits per heavy atom. The lowest BCUT2D eigenvalue weighted by Crippen LogP contribution is -2.34. The number of aldehydes is 1. The average Bonchev–Trinajstić information content (AvgIpc) is 2.98. The second-order valence-electron chi connectivity index (χ2n) is 6.68. The first kappa shape index (κ1) is 19.0. The second-order valence-corrected chi connectivity index (χ2v) is 6.68. The number of nitrogens with one attached hydrogen (secondary N) is 1. The number of hydrogen-bond acceptors (Lipinski definition) is 7. The highest BCUT2D eigenvalue weighted by atomic mass is 16.7. The largest absolute Gasteiger partial charge is 0.454 e. The molecule has 3 N–H and O–H groups in total. The fourth-order valence-electron chi connectivity index (χ4n) is 2.33. The Labute approximate surface area is 145 Å². The van der Waals surface area contributed by atoms with Gasteiger partial charge in [0.25, 0.3) is 0 Å². The molecule has 2 unspecified atom stereocenters. The maximum atomic E-state index is 11.6. The van der Waals surface area contributed by atoms with E-state index in [4.69, 9.17) is 14.2 Å². The van der Waals surface area contributed by atoms with Crippen LogP contribution in [-0.2, 0) is 4.74 Å². The number of carbonyl (C=O) groups is 2. The Hall–Kier alpha value is -2.32. The molecule has 0 saturated carbocycles. The molecule has 2 rings (SSSR count). The summed E-state index contributed by atoms with van der Waals surface area (Å²) in [6.07, 6.45) is -2.45. The smallest absolute Gasteiger partial charge is 0.407 e. The molecule has 0 bridgehead atoms. The number of hydrogen-bond donors (Lipinski definition) is 3. The monoisotopic (exact) mass is 353 g/mol. The first-order valence-electron chi connectivity index (χ1n) is 7.93. The van der Waals surface area contributed by atoms with Crippen LogP contribution in [0.2, 0.25) is 0 Å². The Morgan fingerprint density at radius 1 is 1.32 bits per heavy atom. The van der Waals surface area contributed by atoms with Crippen LogP contribution in [0.25, 0.3) is 0 Å². The molecule has 0 spiro atoms. The van der Waals surface area contributed by atoms with Gasteiger partial charge in [-0.2, -0.15) is 0 Å². The molecule has 1 aromatic carbocycles. The molecule has 1 amide bonds. The maximum absolute atomic E-state index is 11.6. The Balaban J connectivity index is 1.95. The molecule has 0 radical (unpaired) electrons. The van der Waals surface area contributed by atoms with Crippen molar-refractivity contribution in [2.45, 2.75) is 45.0 Å². The van der Waals surface area contributed by atoms with Crippen molar-refractivity contribution in [1.82, 2.24) is 5.32 Å². The number of ether oxygens (including phenoxy) is 3. The zero-order valence-corrected chi connectivity index (χ0v) is 14.4. The fourth-order valence-corrected chi connectivity index (χ4v) is 2.33. The minimum Gasteiger partial charge on any atom is -0.454 e. The third-order valence-electron chi connectivity index (χ3n) is 3.50. The van der Waals surface area contributed by atoms with Gasteiger partial charge in [0, 0.05) is 12.1 Å². The molecule has 1 aliphatic heterocycles. The Morgan fingerprint density at radius 3 is 2.56 bits per heavy atom. The molecule has 0 fully saturated rings. The predicted octanol–water partition coefficient (Wildman–Crippen LogP) is 1.54. The Kier molecular flexibility index (Phi) is 5.86. The SMILES string of the molecule is CC(C)(C)OC(=O)NCCC(O)C(O)c1cc2c(cc1C=O)OCO2. The molecule has 0 saturated heterocycles. The molecule has 2 atom stereocenters. The fraction of sp³-hybridized carbons (Fsp3) is 0.529. The van der Waals surface area contributed by atoms with Crippen molar-refractivity contribution in [2.24, 2.45) is 0 Å². The van der Waals surface area contributed by atoms with E-state index in [1.807, 2.05) is 0 Å². The number of amides is 1. The normalized spacial score (nSPS) is 15.4. The summed E-state index contributed by atoms with van der Waals surface area (Å²) in [7, 11) is 0. The van der Waals surface area contributed by atoms with Crippen molar-refractivity contribution in [1.29, 1.82) is 0 Å². The van der Waals surface area contributed by atoms with E-state index >= 15 is 0 Å². The summed E-state index contributed by atoms with van der Waals surface area (Å²) in [5, 5.41) is 23.0. The molecule has 0 aromatic heterocycles. The number of aliphatic hydroxyl groups is 2. The highest BCUT2D eigenvalue weighted by Gasteiger charge is 2.25. The maximum Gasteiger partial charge on any atom is 0.407 e. The minimum absolute atomic E-state index is 0.0372. The minimum atomic E-state index is -1.31. The van der Waals surface area contributed by atoms with Gasteiger partial charge in [0.2, 0.25) is 6.79 Å². The number of benzene rings is 1. The summed E-state index contributed by atoms with van der Waals surface area (Å²) in [5.41, 5.74) is -0.173. The van der Waals surface area contributed by atoms with Gasteiger partial charge in [0.15, 0.2) is 17.8 Å². The Bertz CT molecular complexity index is 639. The lowest BCUT2D eigenvalue weighted by Gasteiger charge is -2.22. The van der Waals surface area contributed by atoms with E-state index in [2.05, 4.69) is 5.32 Å². The molecule has 25 heavy (non-hydrogen) atoms. The van der Waals surface area contributed by atoms with E-state index in [-0.39, 0.29) is 30.9 Å². The van der Waals surface area contributed by atoms with Crippen LogP contribution in [0, 0.1) is 0 Å². The highest BCUT2D eigenvalue weighted by Crippen LogP contribution is 2.37. The lowest BCUT2D eigenvalue weighted by atomic mass is 9.97. The number of aliphatic hydroxyl groups excluding tert-OH is 2. The molecular weight excluding hydrogens is 330 g/mol. The third-order valence-corrected chi connectivity index (χ3v) is 3.50. The van der Waals surface area contributed by atoms with Crippen molar-refractivity contribution in [2.75, 3.05) is 13.3 Å². The van der Waals surface area contributed by atoms with E-state index in [0.717, 1.165) is 0 Å². The van der Waals surface area contributed by atoms with Crippen LogP contribution in [0.5, 0.6) is 11.5 Å². The molecule has 8 nitrogen and oxygen atoms in total. The van der Waals surface area contributed by atoms with Crippen molar-refractivity contribution in [3.05, 3.63) is 23.3 Å². The number of carbonyl (C=O) groups excluding carboxylic acids is 2. The summed E-state index contributed by atoms with van der Waals surface area (Å²) in [5.74, 6) is 0.817. The van der Waals surface area contributed by atoms with Gasteiger partial charge in [-0.25, -0.2) is 4.79 Å². The van der Waals surface area contributed by atoms with E-state index in [0.29, 0.717) is 17.8 Å². The van der Waals surface area contributed by atoms with E-state index in [1.54, 1.807) is 20.8 Å². The van der Waals surface area contributed by atoms with Crippen LogP contribution < -0.4 is 14.8 Å². The van der Waals surface area contributed by atoms with Crippen LogP contribution >= 0.6 is 0 Å². The standard InChI is InChI=1S/C17H23NO7/c1-17(2,3)25-16(22)18-5-4-12(20)15(21)11-7-14-13(23-9-24-14)6-10(11)8-19/h6-8,12,15,20-21H,4-5,9H2,1-3H3,(H,18,22). The van der Waals surface area contributed by atoms with Gasteiger partial charge in [0.05, 0.1) is 6.10 Å². The summed E-state index contributed by atoms with van der Waals surface area (Å²) in [6.45, 7) is 5.37. The molecule has 1 aliphatic rings. The van der Waals surface area contributed by atoms with Crippen molar-refractivity contribution in [3.63, 3.8) is 0 Å². The summed E-state index contributed by atoms with van der Waals surface area (Å²) in [4.78, 5) is 22.8. The van der Waals surface area contributed by atoms with Gasteiger partial charge < -0.3 is 29.7 Å². The molecule has 8 heteroatoms. The summed E-state index contributed by atoms with van der Waals surface area (Å²) >= 11 is 0. The van der Waals surface area contributed by atoms with Crippen LogP contribution in [0.1, 0.15) is 49.2 Å². The second kappa shape index (κ2) is 7.71. The summed E-state index contributed by atoms with van der Waals surface area (Å²) < 4.78 is 15.5. The van der Waals surface area contributed by atoms with Gasteiger partial charge in [-0.05, 0) is 44.9 Å². The highest BCUT2D eigenvalue weighted by molar-refractivity contribution is 5.79. The van der Waals surface area contributed by atoms with Gasteiger partial charge >= 0.3 is 6.09 Å². The first-order chi connectivity index (χ1) is 11.7. The van der Waals surface area contributed by atoms with Crippen molar-refractivity contribution in [3.8, 4) is 11.5 Å². The van der Waals surface area contributed by atoms with E-state index < -0.39 is 23.9 Å². The number of rotatable bonds is 6. The average molecular weight is 353 g/mol. The molecule has 1 heterocycles. The van der Waals surface area contributed by atoms with Crippen LogP contribution in [0.3, 0.4) is 0 Å². The topological polar surface area (TPSA) is 114 Å². The molecule has 0 aliphatic carbocycles. The third kappa shape index (κ3) is 5.07. The van der Waals surface area contributed by atoms with Crippen molar-refractivity contribution >= 4 is 12.4 Å². The zero-order chi connectivity index (χ0) is 18.6. The first-order valence-corrected chi connectivity index (χ1v) is 7.93. The number of fused-ring (bicyclic) bond motifs is 1. The lowest BCUT2D eigenvalue weighted by molar-refractivity contribution is 0.0119. The van der Waals surface area contributed by atoms with Gasteiger partial charge in [-0.3, -0.25) is 4.79 Å². The van der Waals surface area contributed by atoms with Crippen LogP contribution in [0.15, 0.2) is 12.1 Å². The molecular formula is C17H23NO7.